The van der Waals surface area contributed by atoms with Gasteiger partial charge in [-0.25, -0.2) is 4.98 Å². The van der Waals surface area contributed by atoms with Gasteiger partial charge in [-0.05, 0) is 43.7 Å². The predicted molar refractivity (Wildman–Crippen MR) is 121 cm³/mol. The number of likely N-dealkylation sites (N-methyl/N-ethyl adjacent to an activating group) is 1. The molecule has 4 rings (SSSR count). The molecule has 30 heavy (non-hydrogen) atoms. The number of rotatable bonds is 6. The summed E-state index contributed by atoms with van der Waals surface area (Å²) in [4.78, 5) is 26.0. The number of nitrogens with two attached hydrogens (primary N) is 1. The molecule has 156 valence electrons. The molecule has 1 fully saturated rings. The van der Waals surface area contributed by atoms with Crippen molar-refractivity contribution < 1.29 is 4.79 Å². The average Bonchev–Trinajstić information content (AvgIpc) is 2.77. The molecule has 1 amide bonds. The molecule has 0 atom stereocenters. The largest absolute Gasteiger partial charge is 0.368 e. The molecule has 0 bridgehead atoms. The number of nitrogen functional groups attached to an aromatic ring is 1. The van der Waals surface area contributed by atoms with Crippen molar-refractivity contribution in [2.45, 2.75) is 12.8 Å². The van der Waals surface area contributed by atoms with Crippen molar-refractivity contribution in [1.29, 1.82) is 0 Å². The van der Waals surface area contributed by atoms with Crippen molar-refractivity contribution in [3.8, 4) is 0 Å². The molecule has 1 aromatic heterocycles. The Morgan fingerprint density at radius 3 is 2.60 bits per heavy atom. The average molecular weight is 405 g/mol. The standard InChI is InChI=1S/C23H28N6O/c1-28-12-14-29(15-13-28)21-19-10-9-18(16-20(19)26-23(24)27-21)22(30)25-11-5-8-17-6-3-2-4-7-17/h2-4,6-7,9-10,16H,5,8,11-15H2,1H3,(H,25,30)(H2,24,26,27). The number of hydrogen-bond acceptors (Lipinski definition) is 6. The van der Waals surface area contributed by atoms with E-state index in [1.807, 2.05) is 30.3 Å². The fourth-order valence-electron chi connectivity index (χ4n) is 3.77. The first-order valence-electron chi connectivity index (χ1n) is 10.4. The number of aryl methyl sites for hydroxylation is 1. The Kier molecular flexibility index (Phi) is 6.09. The fraction of sp³-hybridized carbons (Fsp3) is 0.348. The lowest BCUT2D eigenvalue weighted by Gasteiger charge is -2.33. The zero-order chi connectivity index (χ0) is 20.9. The number of nitrogens with one attached hydrogen (secondary N) is 1. The van der Waals surface area contributed by atoms with Gasteiger partial charge in [0.1, 0.15) is 5.82 Å². The molecule has 3 aromatic rings. The first kappa shape index (κ1) is 20.1. The van der Waals surface area contributed by atoms with Crippen LogP contribution in [0.2, 0.25) is 0 Å². The summed E-state index contributed by atoms with van der Waals surface area (Å²) in [7, 11) is 2.12. The van der Waals surface area contributed by atoms with Crippen LogP contribution in [0, 0.1) is 0 Å². The number of hydrogen-bond donors (Lipinski definition) is 2. The summed E-state index contributed by atoms with van der Waals surface area (Å²) >= 11 is 0. The molecular weight excluding hydrogens is 376 g/mol. The van der Waals surface area contributed by atoms with Crippen molar-refractivity contribution in [2.75, 3.05) is 50.4 Å². The summed E-state index contributed by atoms with van der Waals surface area (Å²) in [5.74, 6) is 0.987. The van der Waals surface area contributed by atoms with Gasteiger partial charge in [0.2, 0.25) is 5.95 Å². The van der Waals surface area contributed by atoms with Crippen LogP contribution < -0.4 is 16.0 Å². The third-order valence-electron chi connectivity index (χ3n) is 5.53. The summed E-state index contributed by atoms with van der Waals surface area (Å²) in [6.07, 6.45) is 1.84. The van der Waals surface area contributed by atoms with E-state index in [0.29, 0.717) is 17.6 Å². The van der Waals surface area contributed by atoms with Gasteiger partial charge in [-0.3, -0.25) is 4.79 Å². The van der Waals surface area contributed by atoms with Gasteiger partial charge in [0.25, 0.3) is 5.91 Å². The van der Waals surface area contributed by atoms with Gasteiger partial charge < -0.3 is 20.9 Å². The van der Waals surface area contributed by atoms with Crippen molar-refractivity contribution in [2.24, 2.45) is 0 Å². The molecule has 3 N–H and O–H groups in total. The molecule has 2 aromatic carbocycles. The minimum Gasteiger partial charge on any atom is -0.368 e. The lowest BCUT2D eigenvalue weighted by atomic mass is 10.1. The zero-order valence-electron chi connectivity index (χ0n) is 17.3. The van der Waals surface area contributed by atoms with E-state index < -0.39 is 0 Å². The van der Waals surface area contributed by atoms with Crippen LogP contribution in [0.5, 0.6) is 0 Å². The lowest BCUT2D eigenvalue weighted by Crippen LogP contribution is -2.45. The third kappa shape index (κ3) is 4.68. The van der Waals surface area contributed by atoms with E-state index in [4.69, 9.17) is 5.73 Å². The number of amides is 1. The van der Waals surface area contributed by atoms with E-state index in [1.165, 1.54) is 5.56 Å². The maximum absolute atomic E-state index is 12.6. The van der Waals surface area contributed by atoms with E-state index in [0.717, 1.165) is 50.2 Å². The molecule has 7 nitrogen and oxygen atoms in total. The number of nitrogens with zero attached hydrogens (tertiary/aromatic N) is 4. The van der Waals surface area contributed by atoms with Crippen LogP contribution in [0.25, 0.3) is 10.9 Å². The minimum atomic E-state index is -0.0942. The maximum Gasteiger partial charge on any atom is 0.251 e. The Balaban J connectivity index is 1.44. The number of benzene rings is 2. The quantitative estimate of drug-likeness (QED) is 0.613. The monoisotopic (exact) mass is 404 g/mol. The van der Waals surface area contributed by atoms with E-state index in [1.54, 1.807) is 6.07 Å². The van der Waals surface area contributed by atoms with Gasteiger partial charge in [-0.2, -0.15) is 4.98 Å². The summed E-state index contributed by atoms with van der Waals surface area (Å²) < 4.78 is 0. The Hall–Kier alpha value is -3.19. The van der Waals surface area contributed by atoms with E-state index in [9.17, 15) is 4.79 Å². The topological polar surface area (TPSA) is 87.4 Å². The number of carbonyl (C=O) groups excluding carboxylic acids is 1. The highest BCUT2D eigenvalue weighted by Crippen LogP contribution is 2.26. The normalized spacial score (nSPS) is 14.8. The van der Waals surface area contributed by atoms with Gasteiger partial charge in [-0.15, -0.1) is 0 Å². The molecule has 2 heterocycles. The van der Waals surface area contributed by atoms with Crippen molar-refractivity contribution in [3.05, 3.63) is 59.7 Å². The van der Waals surface area contributed by atoms with Gasteiger partial charge in [0.15, 0.2) is 0 Å². The highest BCUT2D eigenvalue weighted by molar-refractivity contribution is 6.00. The Morgan fingerprint density at radius 2 is 1.83 bits per heavy atom. The predicted octanol–water partition coefficient (Wildman–Crippen LogP) is 2.33. The lowest BCUT2D eigenvalue weighted by molar-refractivity contribution is 0.0953. The second-order valence-corrected chi connectivity index (χ2v) is 7.77. The maximum atomic E-state index is 12.6. The van der Waals surface area contributed by atoms with Crippen molar-refractivity contribution in [3.63, 3.8) is 0 Å². The van der Waals surface area contributed by atoms with Crippen LogP contribution in [0.15, 0.2) is 48.5 Å². The second kappa shape index (κ2) is 9.09. The SMILES string of the molecule is CN1CCN(c2nc(N)nc3cc(C(=O)NCCCc4ccccc4)ccc23)CC1. The van der Waals surface area contributed by atoms with Gasteiger partial charge in [-0.1, -0.05) is 30.3 Å². The van der Waals surface area contributed by atoms with E-state index in [2.05, 4.69) is 44.3 Å². The Labute approximate surface area is 176 Å². The third-order valence-corrected chi connectivity index (χ3v) is 5.53. The zero-order valence-corrected chi connectivity index (χ0v) is 17.3. The van der Waals surface area contributed by atoms with Gasteiger partial charge >= 0.3 is 0 Å². The molecule has 0 radical (unpaired) electrons. The molecule has 0 spiro atoms. The molecule has 1 saturated heterocycles. The molecule has 1 aliphatic heterocycles. The van der Waals surface area contributed by atoms with Crippen LogP contribution in [0.1, 0.15) is 22.3 Å². The van der Waals surface area contributed by atoms with Crippen LogP contribution in [-0.2, 0) is 6.42 Å². The van der Waals surface area contributed by atoms with Crippen LogP contribution in [0.4, 0.5) is 11.8 Å². The highest BCUT2D eigenvalue weighted by atomic mass is 16.1. The van der Waals surface area contributed by atoms with Gasteiger partial charge in [0.05, 0.1) is 5.52 Å². The number of aromatic nitrogens is 2. The number of piperazine rings is 1. The highest BCUT2D eigenvalue weighted by Gasteiger charge is 2.19. The minimum absolute atomic E-state index is 0.0942. The molecular formula is C23H28N6O. The van der Waals surface area contributed by atoms with Crippen LogP contribution in [-0.4, -0.2) is 60.5 Å². The smallest absolute Gasteiger partial charge is 0.251 e. The second-order valence-electron chi connectivity index (χ2n) is 7.77. The summed E-state index contributed by atoms with van der Waals surface area (Å²) in [6.45, 7) is 4.38. The first-order valence-corrected chi connectivity index (χ1v) is 10.4. The fourth-order valence-corrected chi connectivity index (χ4v) is 3.77. The molecule has 7 heteroatoms. The van der Waals surface area contributed by atoms with Crippen LogP contribution in [0.3, 0.4) is 0 Å². The Morgan fingerprint density at radius 1 is 1.07 bits per heavy atom. The molecule has 0 unspecified atom stereocenters. The number of fused-ring (bicyclic) bond motifs is 1. The molecule has 0 saturated carbocycles. The molecule has 0 aliphatic carbocycles. The first-order chi connectivity index (χ1) is 14.6. The van der Waals surface area contributed by atoms with Crippen molar-refractivity contribution in [1.82, 2.24) is 20.2 Å². The summed E-state index contributed by atoms with van der Waals surface area (Å²) in [5.41, 5.74) is 8.55. The van der Waals surface area contributed by atoms with E-state index in [-0.39, 0.29) is 11.9 Å². The summed E-state index contributed by atoms with van der Waals surface area (Å²) in [5, 5.41) is 3.93. The van der Waals surface area contributed by atoms with Crippen molar-refractivity contribution >= 4 is 28.6 Å². The molecule has 1 aliphatic rings. The number of carbonyl (C=O) groups is 1. The number of anilines is 2. The Bertz CT molecular complexity index is 1010. The summed E-state index contributed by atoms with van der Waals surface area (Å²) in [6, 6.07) is 15.9. The van der Waals surface area contributed by atoms with Crippen LogP contribution >= 0.6 is 0 Å². The van der Waals surface area contributed by atoms with Gasteiger partial charge in [0, 0.05) is 43.7 Å². The van der Waals surface area contributed by atoms with E-state index >= 15 is 0 Å².